The molecule has 4 heteroatoms. The van der Waals surface area contributed by atoms with E-state index in [-0.39, 0.29) is 11.6 Å². The zero-order chi connectivity index (χ0) is 14.8. The van der Waals surface area contributed by atoms with E-state index in [9.17, 15) is 9.18 Å². The third kappa shape index (κ3) is 2.72. The number of halogens is 1. The Labute approximate surface area is 126 Å². The monoisotopic (exact) mass is 300 g/mol. The topological polar surface area (TPSA) is 26.3 Å². The number of ketones is 1. The smallest absolute Gasteiger partial charge is 0.191 e. The summed E-state index contributed by atoms with van der Waals surface area (Å²) in [5.74, 6) is 0.790. The van der Waals surface area contributed by atoms with E-state index in [1.165, 1.54) is 12.1 Å². The van der Waals surface area contributed by atoms with Gasteiger partial charge in [-0.15, -0.1) is 11.8 Å². The largest absolute Gasteiger partial charge is 0.496 e. The predicted octanol–water partition coefficient (Wildman–Crippen LogP) is 4.21. The molecule has 0 radical (unpaired) electrons. The second-order valence-electron chi connectivity index (χ2n) is 4.67. The van der Waals surface area contributed by atoms with Crippen molar-refractivity contribution in [3.63, 3.8) is 0 Å². The molecule has 1 heterocycles. The first-order valence-corrected chi connectivity index (χ1v) is 7.48. The van der Waals surface area contributed by atoms with E-state index in [1.807, 2.05) is 30.3 Å². The van der Waals surface area contributed by atoms with E-state index in [4.69, 9.17) is 4.74 Å². The summed E-state index contributed by atoms with van der Waals surface area (Å²) >= 11 is 1.55. The standard InChI is InChI=1S/C17H13FO2S/c1-20-15-5-3-2-4-11(15)8-12-10-21-16-7-6-13(18)9-14(16)17(12)19/h2-9H,10H2,1H3. The highest BCUT2D eigenvalue weighted by Crippen LogP contribution is 2.34. The number of ether oxygens (including phenoxy) is 1. The average Bonchev–Trinajstić information content (AvgIpc) is 2.51. The fourth-order valence-electron chi connectivity index (χ4n) is 2.28. The highest BCUT2D eigenvalue weighted by Gasteiger charge is 2.23. The van der Waals surface area contributed by atoms with E-state index in [1.54, 1.807) is 24.9 Å². The van der Waals surface area contributed by atoms with Crippen molar-refractivity contribution < 1.29 is 13.9 Å². The van der Waals surface area contributed by atoms with E-state index >= 15 is 0 Å². The summed E-state index contributed by atoms with van der Waals surface area (Å²) in [6, 6.07) is 11.9. The van der Waals surface area contributed by atoms with Gasteiger partial charge in [0.15, 0.2) is 5.78 Å². The maximum Gasteiger partial charge on any atom is 0.191 e. The van der Waals surface area contributed by atoms with Gasteiger partial charge in [-0.2, -0.15) is 0 Å². The fourth-order valence-corrected chi connectivity index (χ4v) is 3.28. The second kappa shape index (κ2) is 5.74. The van der Waals surface area contributed by atoms with Gasteiger partial charge in [-0.25, -0.2) is 4.39 Å². The van der Waals surface area contributed by atoms with Crippen molar-refractivity contribution in [3.05, 3.63) is 65.0 Å². The van der Waals surface area contributed by atoms with Crippen molar-refractivity contribution in [2.75, 3.05) is 12.9 Å². The van der Waals surface area contributed by atoms with Crippen LogP contribution in [0.1, 0.15) is 15.9 Å². The molecule has 0 spiro atoms. The maximum absolute atomic E-state index is 13.3. The molecule has 1 aliphatic heterocycles. The van der Waals surface area contributed by atoms with Crippen LogP contribution >= 0.6 is 11.8 Å². The number of carbonyl (C=O) groups is 1. The minimum Gasteiger partial charge on any atom is -0.496 e. The number of hydrogen-bond donors (Lipinski definition) is 0. The molecule has 1 aliphatic rings. The highest BCUT2D eigenvalue weighted by molar-refractivity contribution is 7.99. The van der Waals surface area contributed by atoms with Crippen LogP contribution in [0.3, 0.4) is 0 Å². The Kier molecular flexibility index (Phi) is 3.80. The summed E-state index contributed by atoms with van der Waals surface area (Å²) in [6.07, 6.45) is 1.82. The minimum atomic E-state index is -0.388. The van der Waals surface area contributed by atoms with Gasteiger partial charge in [0.05, 0.1) is 7.11 Å². The molecule has 106 valence electrons. The van der Waals surface area contributed by atoms with Crippen LogP contribution in [0.4, 0.5) is 4.39 Å². The average molecular weight is 300 g/mol. The molecule has 0 bridgehead atoms. The Balaban J connectivity index is 2.01. The predicted molar refractivity (Wildman–Crippen MR) is 82.4 cm³/mol. The van der Waals surface area contributed by atoms with Gasteiger partial charge in [-0.1, -0.05) is 18.2 Å². The Hall–Kier alpha value is -2.07. The van der Waals surface area contributed by atoms with Gasteiger partial charge >= 0.3 is 0 Å². The lowest BCUT2D eigenvalue weighted by Gasteiger charge is -2.17. The number of thioether (sulfide) groups is 1. The number of Topliss-reactive ketones (excluding diaryl/α,β-unsaturated/α-hetero) is 1. The van der Waals surface area contributed by atoms with E-state index in [2.05, 4.69) is 0 Å². The van der Waals surface area contributed by atoms with Crippen molar-refractivity contribution >= 4 is 23.6 Å². The summed E-state index contributed by atoms with van der Waals surface area (Å²) in [7, 11) is 1.60. The molecular weight excluding hydrogens is 287 g/mol. The summed E-state index contributed by atoms with van der Waals surface area (Å²) in [6.45, 7) is 0. The van der Waals surface area contributed by atoms with E-state index in [0.717, 1.165) is 10.5 Å². The molecule has 0 fully saturated rings. The lowest BCUT2D eigenvalue weighted by molar-refractivity contribution is 0.103. The third-order valence-electron chi connectivity index (χ3n) is 3.33. The van der Waals surface area contributed by atoms with Crippen LogP contribution in [0.25, 0.3) is 6.08 Å². The van der Waals surface area contributed by atoms with Crippen molar-refractivity contribution in [1.82, 2.24) is 0 Å². The number of fused-ring (bicyclic) bond motifs is 1. The van der Waals surface area contributed by atoms with Crippen LogP contribution in [0.5, 0.6) is 5.75 Å². The lowest BCUT2D eigenvalue weighted by Crippen LogP contribution is -2.12. The van der Waals surface area contributed by atoms with Gasteiger partial charge in [0.2, 0.25) is 0 Å². The normalized spacial score (nSPS) is 15.9. The first-order valence-electron chi connectivity index (χ1n) is 6.49. The molecule has 2 aromatic rings. The van der Waals surface area contributed by atoms with Crippen LogP contribution < -0.4 is 4.74 Å². The molecule has 0 saturated carbocycles. The highest BCUT2D eigenvalue weighted by atomic mass is 32.2. The zero-order valence-electron chi connectivity index (χ0n) is 11.4. The number of methoxy groups -OCH3 is 1. The molecule has 0 atom stereocenters. The zero-order valence-corrected chi connectivity index (χ0v) is 12.2. The lowest BCUT2D eigenvalue weighted by atomic mass is 10.0. The molecule has 0 N–H and O–H groups in total. The van der Waals surface area contributed by atoms with Crippen LogP contribution in [0, 0.1) is 5.82 Å². The molecule has 21 heavy (non-hydrogen) atoms. The first kappa shape index (κ1) is 13.9. The fraction of sp³-hybridized carbons (Fsp3) is 0.118. The molecule has 0 aromatic heterocycles. The van der Waals surface area contributed by atoms with Crippen molar-refractivity contribution in [3.8, 4) is 5.75 Å². The Bertz CT molecular complexity index is 737. The quantitative estimate of drug-likeness (QED) is 0.777. The van der Waals surface area contributed by atoms with Crippen LogP contribution in [0.15, 0.2) is 52.9 Å². The van der Waals surface area contributed by atoms with Gasteiger partial charge in [-0.3, -0.25) is 4.79 Å². The van der Waals surface area contributed by atoms with Crippen molar-refractivity contribution in [1.29, 1.82) is 0 Å². The van der Waals surface area contributed by atoms with Crippen molar-refractivity contribution in [2.24, 2.45) is 0 Å². The van der Waals surface area contributed by atoms with Crippen LogP contribution in [0.2, 0.25) is 0 Å². The number of benzene rings is 2. The number of carbonyl (C=O) groups excluding carboxylic acids is 1. The SMILES string of the molecule is COc1ccccc1C=C1CSc2ccc(F)cc2C1=O. The van der Waals surface area contributed by atoms with Gasteiger partial charge in [-0.05, 0) is 30.3 Å². The molecule has 0 saturated heterocycles. The number of hydrogen-bond acceptors (Lipinski definition) is 3. The van der Waals surface area contributed by atoms with Crippen LogP contribution in [-0.2, 0) is 0 Å². The summed E-state index contributed by atoms with van der Waals surface area (Å²) < 4.78 is 18.6. The summed E-state index contributed by atoms with van der Waals surface area (Å²) in [5.41, 5.74) is 1.94. The third-order valence-corrected chi connectivity index (χ3v) is 4.45. The molecule has 2 aromatic carbocycles. The summed E-state index contributed by atoms with van der Waals surface area (Å²) in [5, 5.41) is 0. The molecule has 0 aliphatic carbocycles. The number of para-hydroxylation sites is 1. The van der Waals surface area contributed by atoms with Gasteiger partial charge < -0.3 is 4.74 Å². The van der Waals surface area contributed by atoms with Gasteiger partial charge in [0.1, 0.15) is 11.6 Å². The Morgan fingerprint density at radius 2 is 2.05 bits per heavy atom. The molecule has 3 rings (SSSR count). The molecular formula is C17H13FO2S. The molecule has 2 nitrogen and oxygen atoms in total. The first-order chi connectivity index (χ1) is 10.2. The van der Waals surface area contributed by atoms with Gasteiger partial charge in [0, 0.05) is 27.3 Å². The molecule has 0 unspecified atom stereocenters. The Morgan fingerprint density at radius 3 is 2.86 bits per heavy atom. The Morgan fingerprint density at radius 1 is 1.24 bits per heavy atom. The maximum atomic E-state index is 13.3. The van der Waals surface area contributed by atoms with E-state index in [0.29, 0.717) is 22.6 Å². The minimum absolute atomic E-state index is 0.117. The second-order valence-corrected chi connectivity index (χ2v) is 5.69. The van der Waals surface area contributed by atoms with Crippen molar-refractivity contribution in [2.45, 2.75) is 4.90 Å². The summed E-state index contributed by atoms with van der Waals surface area (Å²) in [4.78, 5) is 13.3. The van der Waals surface area contributed by atoms with E-state index < -0.39 is 0 Å². The van der Waals surface area contributed by atoms with Gasteiger partial charge in [0.25, 0.3) is 0 Å². The van der Waals surface area contributed by atoms with Crippen LogP contribution in [-0.4, -0.2) is 18.6 Å². The number of rotatable bonds is 2. The molecule has 0 amide bonds.